The number of halogens is 1. The van der Waals surface area contributed by atoms with Crippen LogP contribution in [0, 0.1) is 5.82 Å². The lowest BCUT2D eigenvalue weighted by Gasteiger charge is -2.22. The molecule has 8 heteroatoms. The molecule has 1 aliphatic heterocycles. The van der Waals surface area contributed by atoms with Gasteiger partial charge in [-0.25, -0.2) is 4.39 Å². The highest BCUT2D eigenvalue weighted by Gasteiger charge is 2.17. The molecular formula is C17H18FN5O2. The minimum atomic E-state index is -0.361. The van der Waals surface area contributed by atoms with Crippen molar-refractivity contribution < 1.29 is 13.9 Å². The number of carbonyl (C=O) groups is 1. The zero-order valence-corrected chi connectivity index (χ0v) is 13.5. The Bertz CT molecular complexity index is 897. The Hall–Kier alpha value is -2.74. The molecule has 1 atom stereocenters. The van der Waals surface area contributed by atoms with Crippen LogP contribution in [0.5, 0.6) is 0 Å². The topological polar surface area (TPSA) is 84.8 Å². The molecule has 130 valence electrons. The maximum absolute atomic E-state index is 13.2. The standard InChI is InChI=1S/C17H18FN5O2/c18-12-4-5-14-15(7-12)21-22-16(14)20-17(24)11-8-19-23(9-11)10-13-3-1-2-6-25-13/h4-5,7-9,13H,1-3,6,10H2,(H2,20,21,22,24). The molecule has 7 nitrogen and oxygen atoms in total. The third kappa shape index (κ3) is 3.39. The highest BCUT2D eigenvalue weighted by molar-refractivity contribution is 6.07. The number of ether oxygens (including phenoxy) is 1. The third-order valence-electron chi connectivity index (χ3n) is 4.32. The molecule has 1 amide bonds. The van der Waals surface area contributed by atoms with E-state index in [-0.39, 0.29) is 17.8 Å². The zero-order valence-electron chi connectivity index (χ0n) is 13.5. The van der Waals surface area contributed by atoms with E-state index in [4.69, 9.17) is 4.74 Å². The van der Waals surface area contributed by atoms with Crippen molar-refractivity contribution in [1.82, 2.24) is 20.0 Å². The van der Waals surface area contributed by atoms with E-state index in [1.807, 2.05) is 0 Å². The SMILES string of the molecule is O=C(Nc1n[nH]c2cc(F)ccc12)c1cnn(CC2CCCCO2)c1. The molecule has 1 saturated heterocycles. The van der Waals surface area contributed by atoms with Gasteiger partial charge in [-0.1, -0.05) is 0 Å². The van der Waals surface area contributed by atoms with E-state index in [2.05, 4.69) is 20.6 Å². The summed E-state index contributed by atoms with van der Waals surface area (Å²) in [5, 5.41) is 14.3. The molecule has 0 radical (unpaired) electrons. The van der Waals surface area contributed by atoms with E-state index >= 15 is 0 Å². The van der Waals surface area contributed by atoms with Gasteiger partial charge in [0.15, 0.2) is 5.82 Å². The van der Waals surface area contributed by atoms with Crippen LogP contribution in [0.1, 0.15) is 29.6 Å². The number of nitrogens with one attached hydrogen (secondary N) is 2. The second-order valence-corrected chi connectivity index (χ2v) is 6.16. The summed E-state index contributed by atoms with van der Waals surface area (Å²) in [5.41, 5.74) is 0.967. The molecule has 0 bridgehead atoms. The number of rotatable bonds is 4. The number of amides is 1. The van der Waals surface area contributed by atoms with E-state index in [0.29, 0.717) is 28.8 Å². The predicted molar refractivity (Wildman–Crippen MR) is 89.8 cm³/mol. The summed E-state index contributed by atoms with van der Waals surface area (Å²) >= 11 is 0. The summed E-state index contributed by atoms with van der Waals surface area (Å²) < 4.78 is 20.6. The van der Waals surface area contributed by atoms with Crippen LogP contribution < -0.4 is 5.32 Å². The van der Waals surface area contributed by atoms with Crippen LogP contribution >= 0.6 is 0 Å². The zero-order chi connectivity index (χ0) is 17.2. The first-order chi connectivity index (χ1) is 12.2. The molecule has 1 fully saturated rings. The Labute approximate surface area is 143 Å². The molecule has 1 aliphatic rings. The number of carbonyl (C=O) groups excluding carboxylic acids is 1. The van der Waals surface area contributed by atoms with Gasteiger partial charge in [0, 0.05) is 18.2 Å². The van der Waals surface area contributed by atoms with Crippen LogP contribution in [-0.4, -0.2) is 38.6 Å². The van der Waals surface area contributed by atoms with Gasteiger partial charge in [-0.2, -0.15) is 10.2 Å². The molecule has 1 aromatic carbocycles. The van der Waals surface area contributed by atoms with E-state index < -0.39 is 0 Å². The number of anilines is 1. The maximum atomic E-state index is 13.2. The first-order valence-electron chi connectivity index (χ1n) is 8.28. The minimum absolute atomic E-state index is 0.148. The average Bonchev–Trinajstić information content (AvgIpc) is 3.23. The molecule has 3 aromatic rings. The minimum Gasteiger partial charge on any atom is -0.376 e. The quantitative estimate of drug-likeness (QED) is 0.763. The first kappa shape index (κ1) is 15.8. The summed E-state index contributed by atoms with van der Waals surface area (Å²) in [6.45, 7) is 1.42. The van der Waals surface area contributed by atoms with Crippen molar-refractivity contribution in [3.8, 4) is 0 Å². The second kappa shape index (κ2) is 6.64. The van der Waals surface area contributed by atoms with Crippen LogP contribution in [0.15, 0.2) is 30.6 Å². The van der Waals surface area contributed by atoms with Crippen molar-refractivity contribution in [2.45, 2.75) is 31.9 Å². The Morgan fingerprint density at radius 1 is 1.44 bits per heavy atom. The molecule has 0 spiro atoms. The van der Waals surface area contributed by atoms with Crippen molar-refractivity contribution >= 4 is 22.6 Å². The number of hydrogen-bond donors (Lipinski definition) is 2. The van der Waals surface area contributed by atoms with Crippen LogP contribution in [-0.2, 0) is 11.3 Å². The summed E-state index contributed by atoms with van der Waals surface area (Å²) in [7, 11) is 0. The summed E-state index contributed by atoms with van der Waals surface area (Å²) in [6.07, 6.45) is 6.64. The molecule has 2 aromatic heterocycles. The molecular weight excluding hydrogens is 325 g/mol. The molecule has 3 heterocycles. The van der Waals surface area contributed by atoms with Gasteiger partial charge >= 0.3 is 0 Å². The second-order valence-electron chi connectivity index (χ2n) is 6.16. The fourth-order valence-electron chi connectivity index (χ4n) is 3.01. The fourth-order valence-corrected chi connectivity index (χ4v) is 3.01. The van der Waals surface area contributed by atoms with Crippen molar-refractivity contribution in [3.63, 3.8) is 0 Å². The lowest BCUT2D eigenvalue weighted by atomic mass is 10.1. The number of benzene rings is 1. The molecule has 0 saturated carbocycles. The van der Waals surface area contributed by atoms with E-state index in [9.17, 15) is 9.18 Å². The van der Waals surface area contributed by atoms with Gasteiger partial charge in [-0.05, 0) is 37.5 Å². The van der Waals surface area contributed by atoms with Crippen molar-refractivity contribution in [2.24, 2.45) is 0 Å². The molecule has 2 N–H and O–H groups in total. The van der Waals surface area contributed by atoms with Crippen LogP contribution in [0.2, 0.25) is 0 Å². The van der Waals surface area contributed by atoms with Crippen molar-refractivity contribution in [3.05, 3.63) is 42.0 Å². The third-order valence-corrected chi connectivity index (χ3v) is 4.32. The number of H-pyrrole nitrogens is 1. The van der Waals surface area contributed by atoms with Crippen molar-refractivity contribution in [1.29, 1.82) is 0 Å². The molecule has 25 heavy (non-hydrogen) atoms. The summed E-state index contributed by atoms with van der Waals surface area (Å²) in [6, 6.07) is 4.24. The number of nitrogens with zero attached hydrogens (tertiary/aromatic N) is 3. The van der Waals surface area contributed by atoms with Crippen molar-refractivity contribution in [2.75, 3.05) is 11.9 Å². The number of hydrogen-bond acceptors (Lipinski definition) is 4. The van der Waals surface area contributed by atoms with Crippen LogP contribution in [0.4, 0.5) is 10.2 Å². The fraction of sp³-hybridized carbons (Fsp3) is 0.353. The summed E-state index contributed by atoms with van der Waals surface area (Å²) in [4.78, 5) is 12.4. The van der Waals surface area contributed by atoms with E-state index in [0.717, 1.165) is 25.9 Å². The largest absolute Gasteiger partial charge is 0.376 e. The van der Waals surface area contributed by atoms with Crippen LogP contribution in [0.25, 0.3) is 10.9 Å². The maximum Gasteiger partial charge on any atom is 0.260 e. The van der Waals surface area contributed by atoms with Gasteiger partial charge in [-0.15, -0.1) is 0 Å². The monoisotopic (exact) mass is 343 g/mol. The smallest absolute Gasteiger partial charge is 0.260 e. The van der Waals surface area contributed by atoms with Gasteiger partial charge in [0.05, 0.1) is 29.9 Å². The van der Waals surface area contributed by atoms with Crippen LogP contribution in [0.3, 0.4) is 0 Å². The highest BCUT2D eigenvalue weighted by Crippen LogP contribution is 2.21. The molecule has 0 aliphatic carbocycles. The lowest BCUT2D eigenvalue weighted by molar-refractivity contribution is 0.00398. The first-order valence-corrected chi connectivity index (χ1v) is 8.28. The summed E-state index contributed by atoms with van der Waals surface area (Å²) in [5.74, 6) is -0.308. The lowest BCUT2D eigenvalue weighted by Crippen LogP contribution is -2.24. The van der Waals surface area contributed by atoms with Gasteiger partial charge < -0.3 is 10.1 Å². The normalized spacial score (nSPS) is 17.7. The highest BCUT2D eigenvalue weighted by atomic mass is 19.1. The Kier molecular flexibility index (Phi) is 4.19. The molecule has 4 rings (SSSR count). The number of aromatic amines is 1. The van der Waals surface area contributed by atoms with Gasteiger partial charge in [-0.3, -0.25) is 14.6 Å². The predicted octanol–water partition coefficient (Wildman–Crippen LogP) is 2.72. The Balaban J connectivity index is 1.45. The van der Waals surface area contributed by atoms with E-state index in [1.54, 1.807) is 16.9 Å². The Morgan fingerprint density at radius 2 is 2.36 bits per heavy atom. The van der Waals surface area contributed by atoms with Gasteiger partial charge in [0.2, 0.25) is 0 Å². The van der Waals surface area contributed by atoms with Gasteiger partial charge in [0.25, 0.3) is 5.91 Å². The Morgan fingerprint density at radius 3 is 3.20 bits per heavy atom. The van der Waals surface area contributed by atoms with Gasteiger partial charge in [0.1, 0.15) is 5.82 Å². The van der Waals surface area contributed by atoms with E-state index in [1.165, 1.54) is 18.3 Å². The number of aromatic nitrogens is 4. The molecule has 1 unspecified atom stereocenters. The average molecular weight is 343 g/mol. The number of fused-ring (bicyclic) bond motifs is 1.